The van der Waals surface area contributed by atoms with Gasteiger partial charge in [-0.25, -0.2) is 9.37 Å². The number of aromatic nitrogens is 5. The number of hydrogen-bond acceptors (Lipinski definition) is 8. The number of nitriles is 1. The summed E-state index contributed by atoms with van der Waals surface area (Å²) in [7, 11) is 0. The summed E-state index contributed by atoms with van der Waals surface area (Å²) in [6, 6.07) is 4.63. The van der Waals surface area contributed by atoms with Crippen LogP contribution in [0.25, 0.3) is 28.1 Å². The van der Waals surface area contributed by atoms with Crippen molar-refractivity contribution >= 4 is 16.6 Å². The van der Waals surface area contributed by atoms with E-state index in [0.717, 1.165) is 19.3 Å². The Morgan fingerprint density at radius 1 is 1.27 bits per heavy atom. The summed E-state index contributed by atoms with van der Waals surface area (Å²) in [5.74, 6) is -0.213. The van der Waals surface area contributed by atoms with Gasteiger partial charge in [-0.05, 0) is 44.7 Å². The summed E-state index contributed by atoms with van der Waals surface area (Å²) in [5, 5.41) is 13.7. The summed E-state index contributed by atoms with van der Waals surface area (Å²) >= 11 is 0. The molecule has 10 nitrogen and oxygen atoms in total. The smallest absolute Gasteiger partial charge is 0.280 e. The first-order valence-corrected chi connectivity index (χ1v) is 10.8. The fourth-order valence-electron chi connectivity index (χ4n) is 4.82. The first-order chi connectivity index (χ1) is 16.0. The van der Waals surface area contributed by atoms with Gasteiger partial charge < -0.3 is 14.0 Å². The summed E-state index contributed by atoms with van der Waals surface area (Å²) in [6.45, 7) is 2.85. The summed E-state index contributed by atoms with van der Waals surface area (Å²) in [4.78, 5) is 22.7. The molecule has 2 aliphatic heterocycles. The summed E-state index contributed by atoms with van der Waals surface area (Å²) in [5.41, 5.74) is -0.721. The second-order valence-corrected chi connectivity index (χ2v) is 8.44. The normalized spacial score (nSPS) is 23.0. The van der Waals surface area contributed by atoms with E-state index in [0.29, 0.717) is 31.0 Å². The number of hydrogen-bond donors (Lipinski definition) is 0. The maximum Gasteiger partial charge on any atom is 0.280 e. The molecule has 0 bridgehead atoms. The molecule has 0 saturated carbocycles. The molecule has 2 unspecified atom stereocenters. The van der Waals surface area contributed by atoms with Crippen LogP contribution >= 0.6 is 0 Å². The van der Waals surface area contributed by atoms with E-state index in [2.05, 4.69) is 15.1 Å². The number of imidazole rings is 1. The number of halogens is 1. The first kappa shape index (κ1) is 20.0. The molecule has 6 rings (SSSR count). The minimum Gasteiger partial charge on any atom is -0.368 e. The van der Waals surface area contributed by atoms with Crippen molar-refractivity contribution in [2.24, 2.45) is 0 Å². The minimum absolute atomic E-state index is 0.158. The van der Waals surface area contributed by atoms with Crippen molar-refractivity contribution in [1.29, 1.82) is 5.26 Å². The molecule has 2 fully saturated rings. The number of rotatable bonds is 3. The lowest BCUT2D eigenvalue weighted by molar-refractivity contribution is -0.0448. The molecule has 2 aliphatic rings. The Morgan fingerprint density at radius 3 is 2.88 bits per heavy atom. The molecule has 168 valence electrons. The van der Waals surface area contributed by atoms with Crippen LogP contribution in [0, 0.1) is 17.1 Å². The van der Waals surface area contributed by atoms with Crippen LogP contribution in [0.2, 0.25) is 0 Å². The van der Waals surface area contributed by atoms with Crippen LogP contribution in [0.1, 0.15) is 50.2 Å². The van der Waals surface area contributed by atoms with E-state index < -0.39 is 17.1 Å². The topological polar surface area (TPSA) is 120 Å². The zero-order chi connectivity index (χ0) is 22.7. The van der Waals surface area contributed by atoms with Crippen LogP contribution < -0.4 is 5.56 Å². The largest absolute Gasteiger partial charge is 0.368 e. The molecule has 2 atom stereocenters. The average molecular weight is 450 g/mol. The van der Waals surface area contributed by atoms with Crippen LogP contribution in [-0.2, 0) is 15.2 Å². The van der Waals surface area contributed by atoms with Crippen LogP contribution in [0.5, 0.6) is 0 Å². The monoisotopic (exact) mass is 450 g/mol. The Bertz CT molecular complexity index is 1500. The van der Waals surface area contributed by atoms with Crippen molar-refractivity contribution in [2.45, 2.75) is 44.4 Å². The van der Waals surface area contributed by atoms with E-state index >= 15 is 0 Å². The lowest BCUT2D eigenvalue weighted by Crippen LogP contribution is -2.39. The van der Waals surface area contributed by atoms with Gasteiger partial charge in [-0.15, -0.1) is 0 Å². The zero-order valence-corrected chi connectivity index (χ0v) is 17.7. The second kappa shape index (κ2) is 7.19. The molecule has 0 radical (unpaired) electrons. The van der Waals surface area contributed by atoms with Gasteiger partial charge in [0.25, 0.3) is 11.4 Å². The van der Waals surface area contributed by atoms with Crippen molar-refractivity contribution in [3.8, 4) is 17.6 Å². The number of benzene rings is 1. The number of nitrogens with zero attached hydrogens (tertiary/aromatic N) is 6. The molecule has 3 aromatic heterocycles. The molecule has 0 N–H and O–H groups in total. The average Bonchev–Trinajstić information content (AvgIpc) is 3.59. The highest BCUT2D eigenvalue weighted by atomic mass is 19.1. The molecule has 0 spiro atoms. The molecule has 0 amide bonds. The van der Waals surface area contributed by atoms with Gasteiger partial charge in [-0.1, -0.05) is 5.16 Å². The predicted octanol–water partition coefficient (Wildman–Crippen LogP) is 3.04. The molecular weight excluding hydrogens is 431 g/mol. The molecular formula is C22H19FN6O4. The summed E-state index contributed by atoms with van der Waals surface area (Å²) in [6.07, 6.45) is 4.12. The van der Waals surface area contributed by atoms with Gasteiger partial charge in [-0.2, -0.15) is 10.2 Å². The van der Waals surface area contributed by atoms with Crippen molar-refractivity contribution in [3.63, 3.8) is 0 Å². The van der Waals surface area contributed by atoms with Crippen molar-refractivity contribution in [1.82, 2.24) is 24.1 Å². The quantitative estimate of drug-likeness (QED) is 0.467. The van der Waals surface area contributed by atoms with Crippen LogP contribution in [-0.4, -0.2) is 37.3 Å². The fraction of sp³-hybridized carbons (Fsp3) is 0.409. The highest BCUT2D eigenvalue weighted by molar-refractivity contribution is 5.87. The van der Waals surface area contributed by atoms with E-state index in [4.69, 9.17) is 14.0 Å². The Hall–Kier alpha value is -3.62. The van der Waals surface area contributed by atoms with Crippen LogP contribution in [0.4, 0.5) is 4.39 Å². The van der Waals surface area contributed by atoms with Crippen LogP contribution in [0.15, 0.2) is 27.8 Å². The maximum absolute atomic E-state index is 14.6. The summed E-state index contributed by atoms with van der Waals surface area (Å²) < 4.78 is 34.4. The molecule has 4 aromatic rings. The molecule has 1 aromatic carbocycles. The van der Waals surface area contributed by atoms with Crippen molar-refractivity contribution < 1.29 is 18.4 Å². The van der Waals surface area contributed by atoms with Gasteiger partial charge in [0.2, 0.25) is 5.82 Å². The number of fused-ring (bicyclic) bond motifs is 3. The minimum atomic E-state index is -1.04. The Kier molecular flexibility index (Phi) is 4.36. The lowest BCUT2D eigenvalue weighted by Gasteiger charge is -2.28. The van der Waals surface area contributed by atoms with Crippen LogP contribution in [0.3, 0.4) is 0 Å². The van der Waals surface area contributed by atoms with Crippen molar-refractivity contribution in [3.05, 3.63) is 46.1 Å². The van der Waals surface area contributed by atoms with Gasteiger partial charge in [0.1, 0.15) is 46.8 Å². The van der Waals surface area contributed by atoms with Gasteiger partial charge in [0, 0.05) is 13.2 Å². The number of ether oxygens (including phenoxy) is 2. The lowest BCUT2D eigenvalue weighted by atomic mass is 10.1. The predicted molar refractivity (Wildman–Crippen MR) is 112 cm³/mol. The Morgan fingerprint density at radius 2 is 2.15 bits per heavy atom. The molecule has 0 aliphatic carbocycles. The molecule has 11 heteroatoms. The highest BCUT2D eigenvalue weighted by Gasteiger charge is 2.37. The van der Waals surface area contributed by atoms with E-state index in [-0.39, 0.29) is 34.2 Å². The fourth-order valence-corrected chi connectivity index (χ4v) is 4.82. The first-order valence-electron chi connectivity index (χ1n) is 10.8. The SMILES string of the molecule is CC1(n2c(=O)c3c(-c4noc(C5CCCO5)n4)ncn3c3ccc(F)c(C#N)c32)CCCO1. The third-order valence-electron chi connectivity index (χ3n) is 6.40. The molecule has 5 heterocycles. The van der Waals surface area contributed by atoms with Crippen molar-refractivity contribution in [2.75, 3.05) is 13.2 Å². The van der Waals surface area contributed by atoms with Gasteiger partial charge in [0.15, 0.2) is 0 Å². The van der Waals surface area contributed by atoms with E-state index in [1.165, 1.54) is 27.4 Å². The second-order valence-electron chi connectivity index (χ2n) is 8.44. The van der Waals surface area contributed by atoms with Gasteiger partial charge in [0.05, 0.1) is 11.0 Å². The molecule has 33 heavy (non-hydrogen) atoms. The van der Waals surface area contributed by atoms with Gasteiger partial charge in [-0.3, -0.25) is 13.8 Å². The van der Waals surface area contributed by atoms with E-state index in [1.54, 1.807) is 6.92 Å². The zero-order valence-electron chi connectivity index (χ0n) is 17.7. The van der Waals surface area contributed by atoms with E-state index in [9.17, 15) is 14.4 Å². The third kappa shape index (κ3) is 2.84. The Balaban J connectivity index is 1.67. The standard InChI is InChI=1S/C22H19FN6O4/c1-22(7-3-9-32-22)29-17-12(10-24)13(23)5-6-14(17)28-11-25-16(18(28)21(29)30)19-26-20(33-27-19)15-4-2-8-31-15/h5-6,11,15H,2-4,7-9H2,1H3. The molecule has 2 saturated heterocycles. The Labute approximate surface area is 186 Å². The van der Waals surface area contributed by atoms with E-state index in [1.807, 2.05) is 6.07 Å². The third-order valence-corrected chi connectivity index (χ3v) is 6.40. The highest BCUT2D eigenvalue weighted by Crippen LogP contribution is 2.35. The van der Waals surface area contributed by atoms with Gasteiger partial charge >= 0.3 is 0 Å². The maximum atomic E-state index is 14.6.